The molecular weight excluding hydrogens is 220 g/mol. The van der Waals surface area contributed by atoms with Crippen molar-refractivity contribution >= 4 is 0 Å². The van der Waals surface area contributed by atoms with E-state index in [1.807, 2.05) is 6.07 Å². The van der Waals surface area contributed by atoms with Crippen LogP contribution in [-0.4, -0.2) is 9.97 Å². The van der Waals surface area contributed by atoms with Gasteiger partial charge in [-0.2, -0.15) is 0 Å². The van der Waals surface area contributed by atoms with Crippen molar-refractivity contribution in [1.29, 1.82) is 0 Å². The first-order valence-corrected chi connectivity index (χ1v) is 6.42. The van der Waals surface area contributed by atoms with Crippen molar-refractivity contribution in [3.05, 3.63) is 60.2 Å². The lowest BCUT2D eigenvalue weighted by Crippen LogP contribution is -1.91. The van der Waals surface area contributed by atoms with E-state index in [1.165, 1.54) is 5.56 Å². The first kappa shape index (κ1) is 14.4. The molecule has 2 rings (SSSR count). The highest BCUT2D eigenvalue weighted by molar-refractivity contribution is 5.17. The van der Waals surface area contributed by atoms with E-state index < -0.39 is 0 Å². The minimum atomic E-state index is 0.485. The van der Waals surface area contributed by atoms with E-state index in [0.717, 1.165) is 5.69 Å². The van der Waals surface area contributed by atoms with Gasteiger partial charge < -0.3 is 0 Å². The summed E-state index contributed by atoms with van der Waals surface area (Å²) in [5.41, 5.74) is 2.47. The fourth-order valence-corrected chi connectivity index (χ4v) is 1.45. The molecule has 0 fully saturated rings. The lowest BCUT2D eigenvalue weighted by atomic mass is 10.0. The highest BCUT2D eigenvalue weighted by Gasteiger charge is 1.96. The van der Waals surface area contributed by atoms with E-state index in [9.17, 15) is 0 Å². The van der Waals surface area contributed by atoms with E-state index >= 15 is 0 Å². The molecule has 0 saturated heterocycles. The maximum absolute atomic E-state index is 4.12. The van der Waals surface area contributed by atoms with Crippen LogP contribution < -0.4 is 0 Å². The Morgan fingerprint density at radius 1 is 0.833 bits per heavy atom. The number of rotatable bonds is 2. The second kappa shape index (κ2) is 7.59. The van der Waals surface area contributed by atoms with Gasteiger partial charge in [0.25, 0.3) is 0 Å². The summed E-state index contributed by atoms with van der Waals surface area (Å²) in [5, 5.41) is 0. The molecule has 0 radical (unpaired) electrons. The van der Waals surface area contributed by atoms with Crippen LogP contribution in [0.1, 0.15) is 50.8 Å². The molecule has 0 N–H and O–H groups in total. The maximum atomic E-state index is 4.12. The Hall–Kier alpha value is -1.70. The number of aromatic nitrogens is 2. The monoisotopic (exact) mass is 242 g/mol. The van der Waals surface area contributed by atoms with Crippen molar-refractivity contribution in [3.63, 3.8) is 0 Å². The zero-order chi connectivity index (χ0) is 13.4. The van der Waals surface area contributed by atoms with Crippen LogP contribution in [0.2, 0.25) is 0 Å². The quantitative estimate of drug-likeness (QED) is 0.779. The van der Waals surface area contributed by atoms with Gasteiger partial charge in [0.1, 0.15) is 0 Å². The predicted octanol–water partition coefficient (Wildman–Crippen LogP) is 4.41. The Morgan fingerprint density at radius 3 is 1.83 bits per heavy atom. The maximum Gasteiger partial charge on any atom is 0.0612 e. The molecule has 18 heavy (non-hydrogen) atoms. The summed E-state index contributed by atoms with van der Waals surface area (Å²) in [5.74, 6) is 1.14. The van der Waals surface area contributed by atoms with Crippen molar-refractivity contribution in [3.8, 4) is 0 Å². The third kappa shape index (κ3) is 5.09. The molecule has 0 unspecified atom stereocenters. The third-order valence-electron chi connectivity index (χ3n) is 2.64. The Labute approximate surface area is 110 Å². The van der Waals surface area contributed by atoms with Gasteiger partial charge in [0, 0.05) is 18.6 Å². The first-order valence-electron chi connectivity index (χ1n) is 6.42. The van der Waals surface area contributed by atoms with Crippen LogP contribution in [0.4, 0.5) is 0 Å². The second-order valence-corrected chi connectivity index (χ2v) is 4.85. The molecule has 2 aromatic rings. The van der Waals surface area contributed by atoms with Crippen molar-refractivity contribution < 1.29 is 0 Å². The van der Waals surface area contributed by atoms with E-state index in [0.29, 0.717) is 11.8 Å². The lowest BCUT2D eigenvalue weighted by Gasteiger charge is -2.01. The molecule has 0 atom stereocenters. The van der Waals surface area contributed by atoms with E-state index in [4.69, 9.17) is 0 Å². The molecule has 0 spiro atoms. The van der Waals surface area contributed by atoms with Gasteiger partial charge in [0.2, 0.25) is 0 Å². The van der Waals surface area contributed by atoms with Crippen LogP contribution in [0.5, 0.6) is 0 Å². The van der Waals surface area contributed by atoms with Gasteiger partial charge in [-0.25, -0.2) is 0 Å². The zero-order valence-corrected chi connectivity index (χ0v) is 11.7. The van der Waals surface area contributed by atoms with Crippen molar-refractivity contribution in [2.45, 2.75) is 39.5 Å². The Bertz CT molecular complexity index is 378. The molecular formula is C16H22N2. The fourth-order valence-electron chi connectivity index (χ4n) is 1.45. The fraction of sp³-hybridized carbons (Fsp3) is 0.375. The van der Waals surface area contributed by atoms with Crippen molar-refractivity contribution in [1.82, 2.24) is 9.97 Å². The van der Waals surface area contributed by atoms with Crippen molar-refractivity contribution in [2.75, 3.05) is 0 Å². The molecule has 2 nitrogen and oxygen atoms in total. The lowest BCUT2D eigenvalue weighted by molar-refractivity contribution is 0.812. The third-order valence-corrected chi connectivity index (χ3v) is 2.64. The number of hydrogen-bond acceptors (Lipinski definition) is 2. The van der Waals surface area contributed by atoms with Gasteiger partial charge in [-0.1, -0.05) is 58.0 Å². The predicted molar refractivity (Wildman–Crippen MR) is 76.7 cm³/mol. The normalized spacial score (nSPS) is 10.1. The van der Waals surface area contributed by atoms with Crippen LogP contribution >= 0.6 is 0 Å². The van der Waals surface area contributed by atoms with Crippen LogP contribution in [0.15, 0.2) is 48.9 Å². The molecule has 0 saturated carbocycles. The van der Waals surface area contributed by atoms with E-state index in [2.05, 4.69) is 61.9 Å². The van der Waals surface area contributed by atoms with Gasteiger partial charge in [-0.15, -0.1) is 0 Å². The summed E-state index contributed by atoms with van der Waals surface area (Å²) in [6, 6.07) is 10.5. The smallest absolute Gasteiger partial charge is 0.0612 e. The highest BCUT2D eigenvalue weighted by atomic mass is 14.8. The minimum absolute atomic E-state index is 0.485. The molecule has 0 aliphatic carbocycles. The van der Waals surface area contributed by atoms with E-state index in [-0.39, 0.29) is 0 Å². The molecule has 0 bridgehead atoms. The minimum Gasteiger partial charge on any atom is -0.261 e. The number of hydrogen-bond donors (Lipinski definition) is 0. The van der Waals surface area contributed by atoms with E-state index in [1.54, 1.807) is 18.6 Å². The number of benzene rings is 1. The van der Waals surface area contributed by atoms with Gasteiger partial charge in [0.15, 0.2) is 0 Å². The summed E-state index contributed by atoms with van der Waals surface area (Å²) in [7, 11) is 0. The number of nitrogens with zero attached hydrogens (tertiary/aromatic N) is 2. The Morgan fingerprint density at radius 2 is 1.50 bits per heavy atom. The molecule has 0 aliphatic rings. The molecule has 2 heteroatoms. The molecule has 0 amide bonds. The Kier molecular flexibility index (Phi) is 6.06. The summed E-state index contributed by atoms with van der Waals surface area (Å²) >= 11 is 0. The van der Waals surface area contributed by atoms with Gasteiger partial charge >= 0.3 is 0 Å². The Balaban J connectivity index is 0.000000180. The largest absolute Gasteiger partial charge is 0.261 e. The van der Waals surface area contributed by atoms with Crippen molar-refractivity contribution in [2.24, 2.45) is 0 Å². The van der Waals surface area contributed by atoms with Crippen LogP contribution in [0.25, 0.3) is 0 Å². The van der Waals surface area contributed by atoms with Gasteiger partial charge in [0.05, 0.1) is 5.69 Å². The molecule has 0 aliphatic heterocycles. The SMILES string of the molecule is CC(C)c1ccccc1.CC(C)c1cnccn1. The summed E-state index contributed by atoms with van der Waals surface area (Å²) < 4.78 is 0. The second-order valence-electron chi connectivity index (χ2n) is 4.85. The molecule has 1 aromatic carbocycles. The summed E-state index contributed by atoms with van der Waals surface area (Å²) in [6.07, 6.45) is 5.20. The molecule has 1 heterocycles. The summed E-state index contributed by atoms with van der Waals surface area (Å²) in [6.45, 7) is 8.61. The standard InChI is InChI=1S/C9H12.C7H10N2/c1-8(2)9-6-4-3-5-7-9;1-6(2)7-5-8-3-4-9-7/h3-8H,1-2H3;3-6H,1-2H3. The average Bonchev–Trinajstić information content (AvgIpc) is 2.41. The van der Waals surface area contributed by atoms with Crippen LogP contribution in [0.3, 0.4) is 0 Å². The van der Waals surface area contributed by atoms with Crippen LogP contribution in [0, 0.1) is 0 Å². The van der Waals surface area contributed by atoms with Crippen LogP contribution in [-0.2, 0) is 0 Å². The zero-order valence-electron chi connectivity index (χ0n) is 11.7. The van der Waals surface area contributed by atoms with Gasteiger partial charge in [-0.3, -0.25) is 9.97 Å². The average molecular weight is 242 g/mol. The van der Waals surface area contributed by atoms with Gasteiger partial charge in [-0.05, 0) is 17.4 Å². The highest BCUT2D eigenvalue weighted by Crippen LogP contribution is 2.11. The molecule has 1 aromatic heterocycles. The summed E-state index contributed by atoms with van der Waals surface area (Å²) in [4.78, 5) is 8.06. The topological polar surface area (TPSA) is 25.8 Å². The molecule has 96 valence electrons. The first-order chi connectivity index (χ1) is 8.61.